The average molecular weight is 719 g/mol. The molecule has 3 aromatic rings. The number of carboxylic acid groups (broad SMARTS) is 1. The van der Waals surface area contributed by atoms with Crippen LogP contribution in [0, 0.1) is 5.82 Å². The minimum atomic E-state index is -1.07. The number of imide groups is 1. The molecule has 4 saturated heterocycles. The van der Waals surface area contributed by atoms with E-state index in [9.17, 15) is 23.9 Å². The Bertz CT molecular complexity index is 1960. The number of aryl methyl sites for hydroxylation is 1. The molecule has 15 heteroatoms. The fourth-order valence-electron chi connectivity index (χ4n) is 9.20. The minimum absolute atomic E-state index is 0.158. The van der Waals surface area contributed by atoms with Crippen LogP contribution in [0.25, 0.3) is 10.8 Å². The fourth-order valence-corrected chi connectivity index (χ4v) is 9.20. The first kappa shape index (κ1) is 34.3. The van der Waals surface area contributed by atoms with E-state index in [0.717, 1.165) is 52.7 Å². The number of carbonyl (C=O) groups is 3. The zero-order valence-corrected chi connectivity index (χ0v) is 29.5. The molecule has 2 aromatic carbocycles. The lowest BCUT2D eigenvalue weighted by Crippen LogP contribution is -2.59. The maximum absolute atomic E-state index is 15.3. The molecule has 8 rings (SSSR count). The zero-order valence-electron chi connectivity index (χ0n) is 29.5. The summed E-state index contributed by atoms with van der Waals surface area (Å²) >= 11 is 0. The van der Waals surface area contributed by atoms with Gasteiger partial charge in [0.1, 0.15) is 30.0 Å². The summed E-state index contributed by atoms with van der Waals surface area (Å²) < 4.78 is 36.3. The zero-order chi connectivity index (χ0) is 36.4. The summed E-state index contributed by atoms with van der Waals surface area (Å²) in [5.74, 6) is -0.00566. The van der Waals surface area contributed by atoms with Gasteiger partial charge in [0.05, 0.1) is 24.3 Å². The van der Waals surface area contributed by atoms with Gasteiger partial charge in [0.2, 0.25) is 0 Å². The van der Waals surface area contributed by atoms with Gasteiger partial charge in [0.25, 0.3) is 5.91 Å². The van der Waals surface area contributed by atoms with Crippen LogP contribution in [0.15, 0.2) is 24.3 Å². The molecule has 5 aliphatic rings. The normalized spacial score (nSPS) is 25.7. The second-order valence-electron chi connectivity index (χ2n) is 15.0. The quantitative estimate of drug-likeness (QED) is 0.291. The molecule has 0 aliphatic carbocycles. The lowest BCUT2D eigenvalue weighted by Gasteiger charge is -2.40. The predicted octanol–water partition coefficient (Wildman–Crippen LogP) is 4.14. The van der Waals surface area contributed by atoms with Crippen molar-refractivity contribution in [3.8, 4) is 6.01 Å². The molecule has 6 heterocycles. The summed E-state index contributed by atoms with van der Waals surface area (Å²) in [4.78, 5) is 54.5. The van der Waals surface area contributed by atoms with Crippen molar-refractivity contribution in [2.45, 2.75) is 82.2 Å². The van der Waals surface area contributed by atoms with Crippen LogP contribution >= 0.6 is 0 Å². The number of hydrogen-bond donors (Lipinski definition) is 3. The first-order chi connectivity index (χ1) is 25.0. The van der Waals surface area contributed by atoms with E-state index in [1.165, 1.54) is 18.0 Å². The van der Waals surface area contributed by atoms with Crippen molar-refractivity contribution in [1.29, 1.82) is 0 Å². The smallest absolute Gasteiger partial charge is 0.407 e. The number of rotatable bonds is 8. The van der Waals surface area contributed by atoms with Crippen LogP contribution < -0.4 is 25.2 Å². The third-order valence-corrected chi connectivity index (χ3v) is 11.7. The van der Waals surface area contributed by atoms with E-state index in [0.29, 0.717) is 69.7 Å². The van der Waals surface area contributed by atoms with Crippen LogP contribution in [0.5, 0.6) is 6.01 Å². The Balaban J connectivity index is 1.18. The molecule has 1 aromatic heterocycles. The Morgan fingerprint density at radius 1 is 1.13 bits per heavy atom. The molecule has 0 bridgehead atoms. The molecular weight excluding hydrogens is 674 g/mol. The highest BCUT2D eigenvalue weighted by Gasteiger charge is 2.51. The van der Waals surface area contributed by atoms with E-state index in [2.05, 4.69) is 20.4 Å². The average Bonchev–Trinajstić information content (AvgIpc) is 3.74. The number of halogens is 2. The van der Waals surface area contributed by atoms with Crippen molar-refractivity contribution >= 4 is 40.3 Å². The molecule has 4 fully saturated rings. The van der Waals surface area contributed by atoms with Crippen LogP contribution in [0.2, 0.25) is 0 Å². The van der Waals surface area contributed by atoms with Crippen molar-refractivity contribution < 1.29 is 33.0 Å². The predicted molar refractivity (Wildman–Crippen MR) is 189 cm³/mol. The molecule has 0 unspecified atom stereocenters. The lowest BCUT2D eigenvalue weighted by atomic mass is 9.88. The van der Waals surface area contributed by atoms with Crippen LogP contribution in [0.4, 0.5) is 29.9 Å². The summed E-state index contributed by atoms with van der Waals surface area (Å²) in [6.07, 6.45) is 2.41. The molecule has 52 heavy (non-hydrogen) atoms. The lowest BCUT2D eigenvalue weighted by molar-refractivity contribution is -0.124. The Morgan fingerprint density at radius 3 is 2.73 bits per heavy atom. The maximum Gasteiger partial charge on any atom is 0.407 e. The van der Waals surface area contributed by atoms with Crippen LogP contribution in [0.3, 0.4) is 0 Å². The van der Waals surface area contributed by atoms with Crippen molar-refractivity contribution in [3.63, 3.8) is 0 Å². The van der Waals surface area contributed by atoms with E-state index in [4.69, 9.17) is 14.7 Å². The molecule has 276 valence electrons. The van der Waals surface area contributed by atoms with Gasteiger partial charge in [-0.2, -0.15) is 9.97 Å². The molecular formula is C37H44F2N8O5. The van der Waals surface area contributed by atoms with E-state index >= 15 is 4.39 Å². The number of alkyl halides is 1. The van der Waals surface area contributed by atoms with Gasteiger partial charge in [-0.15, -0.1) is 0 Å². The summed E-state index contributed by atoms with van der Waals surface area (Å²) in [6, 6.07) is 6.72. The molecule has 0 radical (unpaired) electrons. The highest BCUT2D eigenvalue weighted by atomic mass is 19.1. The number of nitrogens with zero attached hydrogens (tertiary/aromatic N) is 6. The second kappa shape index (κ2) is 13.0. The van der Waals surface area contributed by atoms with Gasteiger partial charge >= 0.3 is 18.1 Å². The molecule has 5 aliphatic heterocycles. The van der Waals surface area contributed by atoms with Crippen molar-refractivity contribution in [1.82, 2.24) is 30.4 Å². The van der Waals surface area contributed by atoms with E-state index in [1.807, 2.05) is 24.0 Å². The molecule has 3 N–H and O–H groups in total. The van der Waals surface area contributed by atoms with Crippen LogP contribution in [-0.4, -0.2) is 107 Å². The van der Waals surface area contributed by atoms with Crippen molar-refractivity contribution in [3.05, 3.63) is 52.5 Å². The first-order valence-electron chi connectivity index (χ1n) is 18.2. The van der Waals surface area contributed by atoms with Gasteiger partial charge < -0.3 is 29.9 Å². The number of urea groups is 1. The Labute approximate surface area is 300 Å². The standard InChI is InChI=1S/C37H44F2N8O5/c1-3-25-27(39)7-6-23-14-22(17-44(2)35(50)51)15-29(30(23)25)45-13-8-26-28(19-45)40-34(52-21-36-9-4-12-47(36)18-24(38)16-36)41-31(26)46-11-5-10-37(20-46)32(48)42-33(49)43-37/h6-7,14-15,24H,3-5,8-13,16-21H2,1-2H3,(H,50,51)(H2,42,43,48,49)/t24-,36+,37-/m1/s1. The topological polar surface area (TPSA) is 143 Å². The molecule has 1 spiro atoms. The number of benzene rings is 2. The summed E-state index contributed by atoms with van der Waals surface area (Å²) in [5.41, 5.74) is 2.30. The van der Waals surface area contributed by atoms with Crippen molar-refractivity contribution in [2.24, 2.45) is 0 Å². The fraction of sp³-hybridized carbons (Fsp3) is 0.541. The molecule has 13 nitrogen and oxygen atoms in total. The van der Waals surface area contributed by atoms with Gasteiger partial charge in [0, 0.05) is 56.3 Å². The van der Waals surface area contributed by atoms with Gasteiger partial charge in [-0.05, 0) is 79.8 Å². The Hall–Kier alpha value is -4.79. The Morgan fingerprint density at radius 2 is 1.96 bits per heavy atom. The third-order valence-electron chi connectivity index (χ3n) is 11.7. The second-order valence-corrected chi connectivity index (χ2v) is 15.0. The first-order valence-corrected chi connectivity index (χ1v) is 18.2. The number of nitrogens with one attached hydrogen (secondary N) is 2. The highest BCUT2D eigenvalue weighted by Crippen LogP contribution is 2.42. The van der Waals surface area contributed by atoms with Gasteiger partial charge in [-0.1, -0.05) is 13.0 Å². The van der Waals surface area contributed by atoms with Crippen LogP contribution in [0.1, 0.15) is 61.4 Å². The van der Waals surface area contributed by atoms with E-state index in [1.54, 1.807) is 6.07 Å². The number of hydrogen-bond acceptors (Lipinski definition) is 9. The molecule has 0 saturated carbocycles. The van der Waals surface area contributed by atoms with E-state index < -0.39 is 29.4 Å². The summed E-state index contributed by atoms with van der Waals surface area (Å²) in [5, 5.41) is 16.5. The Kier molecular flexibility index (Phi) is 8.58. The number of anilines is 2. The van der Waals surface area contributed by atoms with Crippen molar-refractivity contribution in [2.75, 3.05) is 56.2 Å². The van der Waals surface area contributed by atoms with Gasteiger partial charge in [-0.25, -0.2) is 18.4 Å². The number of amides is 4. The van der Waals surface area contributed by atoms with E-state index in [-0.39, 0.29) is 37.4 Å². The maximum atomic E-state index is 15.3. The molecule has 4 amide bonds. The number of ether oxygens (including phenoxy) is 1. The third kappa shape index (κ3) is 5.92. The van der Waals surface area contributed by atoms with Gasteiger partial charge in [-0.3, -0.25) is 15.0 Å². The monoisotopic (exact) mass is 718 g/mol. The largest absolute Gasteiger partial charge is 0.465 e. The number of aromatic nitrogens is 2. The van der Waals surface area contributed by atoms with Gasteiger partial charge in [0.15, 0.2) is 0 Å². The SMILES string of the molecule is CCc1c(F)ccc2cc(CN(C)C(=O)O)cc(N3CCc4c(nc(OC[C@@]56CCCN5C[C@H](F)C6)nc4N4CCC[C@]5(C4)NC(=O)NC5=O)C3)c12. The summed E-state index contributed by atoms with van der Waals surface area (Å²) in [6.45, 7) is 5.29. The number of carbonyl (C=O) groups excluding carboxylic acids is 2. The summed E-state index contributed by atoms with van der Waals surface area (Å²) in [7, 11) is 1.51. The number of fused-ring (bicyclic) bond motifs is 3. The minimum Gasteiger partial charge on any atom is -0.465 e. The van der Waals surface area contributed by atoms with Crippen LogP contribution in [-0.2, 0) is 30.7 Å². The molecule has 3 atom stereocenters. The number of piperidine rings is 1. The highest BCUT2D eigenvalue weighted by molar-refractivity contribution is 6.07.